The number of anilines is 1. The second-order valence-corrected chi connectivity index (χ2v) is 6.86. The van der Waals surface area contributed by atoms with Crippen molar-refractivity contribution in [1.29, 1.82) is 0 Å². The molecule has 6 heteroatoms. The molecule has 1 unspecified atom stereocenters. The van der Waals surface area contributed by atoms with Gasteiger partial charge in [-0.1, -0.05) is 31.8 Å². The molecule has 0 bridgehead atoms. The van der Waals surface area contributed by atoms with Crippen molar-refractivity contribution in [2.45, 2.75) is 46.5 Å². The molecule has 20 heavy (non-hydrogen) atoms. The third-order valence-corrected chi connectivity index (χ3v) is 4.84. The van der Waals surface area contributed by atoms with E-state index in [1.807, 2.05) is 0 Å². The number of amides is 1. The Hall–Kier alpha value is -1.43. The molecule has 1 aromatic rings. The van der Waals surface area contributed by atoms with Gasteiger partial charge in [-0.15, -0.1) is 11.3 Å². The van der Waals surface area contributed by atoms with Crippen LogP contribution >= 0.6 is 11.3 Å². The van der Waals surface area contributed by atoms with Crippen LogP contribution in [0.2, 0.25) is 0 Å². The first-order chi connectivity index (χ1) is 9.44. The third kappa shape index (κ3) is 3.17. The number of carbonyl (C=O) groups excluding carboxylic acids is 1. The Kier molecular flexibility index (Phi) is 4.42. The van der Waals surface area contributed by atoms with Crippen LogP contribution in [0.15, 0.2) is 10.5 Å². The molecule has 1 fully saturated rings. The number of hydrogen-bond donors (Lipinski definition) is 2. The minimum atomic E-state index is 0.0382. The van der Waals surface area contributed by atoms with Gasteiger partial charge in [-0.2, -0.15) is 0 Å². The summed E-state index contributed by atoms with van der Waals surface area (Å²) in [4.78, 5) is 16.7. The van der Waals surface area contributed by atoms with Crippen molar-refractivity contribution >= 4 is 28.1 Å². The van der Waals surface area contributed by atoms with Crippen molar-refractivity contribution in [2.75, 3.05) is 5.32 Å². The third-order valence-electron chi connectivity index (χ3n) is 4.08. The van der Waals surface area contributed by atoms with Gasteiger partial charge in [0.1, 0.15) is 11.4 Å². The molecule has 2 N–H and O–H groups in total. The summed E-state index contributed by atoms with van der Waals surface area (Å²) in [6, 6.07) is 0. The molecule has 0 saturated heterocycles. The summed E-state index contributed by atoms with van der Waals surface area (Å²) in [5.41, 5.74) is 1.08. The van der Waals surface area contributed by atoms with E-state index in [-0.39, 0.29) is 17.2 Å². The second-order valence-electron chi connectivity index (χ2n) is 6.00. The van der Waals surface area contributed by atoms with Crippen LogP contribution in [-0.4, -0.2) is 21.8 Å². The lowest BCUT2D eigenvalue weighted by molar-refractivity contribution is -0.124. The lowest BCUT2D eigenvalue weighted by atomic mass is 9.68. The van der Waals surface area contributed by atoms with E-state index in [4.69, 9.17) is 5.21 Å². The highest BCUT2D eigenvalue weighted by molar-refractivity contribution is 7.14. The van der Waals surface area contributed by atoms with Gasteiger partial charge in [0.25, 0.3) is 0 Å². The van der Waals surface area contributed by atoms with Crippen LogP contribution in [0.3, 0.4) is 0 Å². The van der Waals surface area contributed by atoms with E-state index in [1.165, 1.54) is 17.8 Å². The van der Waals surface area contributed by atoms with Crippen LogP contribution in [0.25, 0.3) is 0 Å². The monoisotopic (exact) mass is 295 g/mol. The van der Waals surface area contributed by atoms with Crippen LogP contribution in [-0.2, 0) is 4.79 Å². The maximum atomic E-state index is 12.4. The molecular formula is C14H21N3O2S. The summed E-state index contributed by atoms with van der Waals surface area (Å²) in [7, 11) is 0. The fourth-order valence-electron chi connectivity index (χ4n) is 2.72. The minimum absolute atomic E-state index is 0.0382. The van der Waals surface area contributed by atoms with E-state index in [0.717, 1.165) is 19.3 Å². The predicted molar refractivity (Wildman–Crippen MR) is 80.5 cm³/mol. The fourth-order valence-corrected chi connectivity index (χ4v) is 3.48. The predicted octanol–water partition coefficient (Wildman–Crippen LogP) is 3.50. The van der Waals surface area contributed by atoms with Crippen LogP contribution in [0.4, 0.5) is 5.13 Å². The first-order valence-corrected chi connectivity index (χ1v) is 7.77. The Morgan fingerprint density at radius 3 is 2.95 bits per heavy atom. The quantitative estimate of drug-likeness (QED) is 0.509. The summed E-state index contributed by atoms with van der Waals surface area (Å²) in [6.07, 6.45) is 4.34. The van der Waals surface area contributed by atoms with Gasteiger partial charge in [-0.25, -0.2) is 4.98 Å². The first-order valence-electron chi connectivity index (χ1n) is 6.89. The summed E-state index contributed by atoms with van der Waals surface area (Å²) >= 11 is 1.35. The molecule has 0 aliphatic heterocycles. The highest BCUT2D eigenvalue weighted by Gasteiger charge is 2.37. The zero-order valence-electron chi connectivity index (χ0n) is 12.1. The molecule has 1 aromatic heterocycles. The molecule has 0 spiro atoms. The normalized spacial score (nSPS) is 22.6. The van der Waals surface area contributed by atoms with Gasteiger partial charge in [0.15, 0.2) is 5.13 Å². The van der Waals surface area contributed by atoms with Gasteiger partial charge >= 0.3 is 0 Å². The van der Waals surface area contributed by atoms with Gasteiger partial charge in [-0.3, -0.25) is 4.79 Å². The Bertz CT molecular complexity index is 522. The lowest BCUT2D eigenvalue weighted by Gasteiger charge is -2.37. The highest BCUT2D eigenvalue weighted by atomic mass is 32.1. The van der Waals surface area contributed by atoms with Crippen molar-refractivity contribution in [3.63, 3.8) is 0 Å². The molecule has 1 amide bonds. The molecule has 0 radical (unpaired) electrons. The van der Waals surface area contributed by atoms with E-state index >= 15 is 0 Å². The van der Waals surface area contributed by atoms with Crippen molar-refractivity contribution in [3.05, 3.63) is 11.1 Å². The SMILES string of the molecule is CC(=NO)c1csc(NC(=O)C2CCCCC2(C)C)n1. The Balaban J connectivity index is 2.06. The number of rotatable bonds is 3. The summed E-state index contributed by atoms with van der Waals surface area (Å²) in [5, 5.41) is 17.1. The van der Waals surface area contributed by atoms with Crippen molar-refractivity contribution in [2.24, 2.45) is 16.5 Å². The Labute approximate surface area is 123 Å². The topological polar surface area (TPSA) is 74.6 Å². The fraction of sp³-hybridized carbons (Fsp3) is 0.643. The molecule has 110 valence electrons. The van der Waals surface area contributed by atoms with Gasteiger partial charge in [0.2, 0.25) is 5.91 Å². The summed E-state index contributed by atoms with van der Waals surface area (Å²) in [6.45, 7) is 5.99. The van der Waals surface area contributed by atoms with E-state index in [9.17, 15) is 4.79 Å². The van der Waals surface area contributed by atoms with Gasteiger partial charge in [0, 0.05) is 11.3 Å². The molecule has 1 heterocycles. The number of oxime groups is 1. The molecular weight excluding hydrogens is 274 g/mol. The minimum Gasteiger partial charge on any atom is -0.411 e. The molecule has 2 rings (SSSR count). The number of aromatic nitrogens is 1. The molecule has 1 aliphatic rings. The highest BCUT2D eigenvalue weighted by Crippen LogP contribution is 2.41. The van der Waals surface area contributed by atoms with Crippen LogP contribution in [0.1, 0.15) is 52.1 Å². The van der Waals surface area contributed by atoms with Crippen molar-refractivity contribution < 1.29 is 10.0 Å². The molecule has 0 aromatic carbocycles. The Morgan fingerprint density at radius 1 is 1.55 bits per heavy atom. The zero-order valence-corrected chi connectivity index (χ0v) is 13.0. The number of hydrogen-bond acceptors (Lipinski definition) is 5. The zero-order chi connectivity index (χ0) is 14.8. The summed E-state index contributed by atoms with van der Waals surface area (Å²) in [5.74, 6) is 0.0883. The molecule has 1 aliphatic carbocycles. The second kappa shape index (κ2) is 5.91. The number of nitrogens with one attached hydrogen (secondary N) is 1. The number of nitrogens with zero attached hydrogens (tertiary/aromatic N) is 2. The Morgan fingerprint density at radius 2 is 2.30 bits per heavy atom. The van der Waals surface area contributed by atoms with Crippen molar-refractivity contribution in [1.82, 2.24) is 4.98 Å². The molecule has 1 saturated carbocycles. The number of carbonyl (C=O) groups is 1. The first kappa shape index (κ1) is 15.0. The largest absolute Gasteiger partial charge is 0.411 e. The van der Waals surface area contributed by atoms with Gasteiger partial charge in [0.05, 0.1) is 0 Å². The average molecular weight is 295 g/mol. The van der Waals surface area contributed by atoms with Crippen LogP contribution in [0.5, 0.6) is 0 Å². The number of thiazole rings is 1. The van der Waals surface area contributed by atoms with E-state index < -0.39 is 0 Å². The van der Waals surface area contributed by atoms with Crippen molar-refractivity contribution in [3.8, 4) is 0 Å². The van der Waals surface area contributed by atoms with Crippen LogP contribution < -0.4 is 5.32 Å². The molecule has 1 atom stereocenters. The molecule has 5 nitrogen and oxygen atoms in total. The van der Waals surface area contributed by atoms with E-state index in [2.05, 4.69) is 29.3 Å². The van der Waals surface area contributed by atoms with E-state index in [0.29, 0.717) is 16.5 Å². The van der Waals surface area contributed by atoms with E-state index in [1.54, 1.807) is 12.3 Å². The standard InChI is InChI=1S/C14H21N3O2S/c1-9(17-19)11-8-20-13(15-11)16-12(18)10-6-4-5-7-14(10,2)3/h8,10,19H,4-7H2,1-3H3,(H,15,16,18). The maximum Gasteiger partial charge on any atom is 0.229 e. The van der Waals surface area contributed by atoms with Gasteiger partial charge in [-0.05, 0) is 25.2 Å². The van der Waals surface area contributed by atoms with Gasteiger partial charge < -0.3 is 10.5 Å². The van der Waals surface area contributed by atoms with Crippen LogP contribution in [0, 0.1) is 11.3 Å². The lowest BCUT2D eigenvalue weighted by Crippen LogP contribution is -2.37. The smallest absolute Gasteiger partial charge is 0.229 e. The maximum absolute atomic E-state index is 12.4. The average Bonchev–Trinajstić information content (AvgIpc) is 2.85. The summed E-state index contributed by atoms with van der Waals surface area (Å²) < 4.78 is 0.